The molecule has 26 heavy (non-hydrogen) atoms. The van der Waals surface area contributed by atoms with Crippen LogP contribution in [0.4, 0.5) is 0 Å². The van der Waals surface area contributed by atoms with Crippen LogP contribution in [0.5, 0.6) is 5.75 Å². The summed E-state index contributed by atoms with van der Waals surface area (Å²) in [6.07, 6.45) is 0. The summed E-state index contributed by atoms with van der Waals surface area (Å²) in [4.78, 5) is 24.9. The van der Waals surface area contributed by atoms with Crippen LogP contribution in [0.25, 0.3) is 10.1 Å². The fourth-order valence-corrected chi connectivity index (χ4v) is 3.88. The van der Waals surface area contributed by atoms with Gasteiger partial charge in [-0.2, -0.15) is 0 Å². The molecule has 2 N–H and O–H groups in total. The Morgan fingerprint density at radius 3 is 2.38 bits per heavy atom. The SMILES string of the molecule is Cc1cc(C)cc(OCC(=O)NNC(=O)c2sc3ccccc3c2C)c1. The fraction of sp³-hybridized carbons (Fsp3) is 0.200. The highest BCUT2D eigenvalue weighted by molar-refractivity contribution is 7.21. The molecule has 0 unspecified atom stereocenters. The molecule has 5 nitrogen and oxygen atoms in total. The third-order valence-corrected chi connectivity index (χ3v) is 5.20. The minimum Gasteiger partial charge on any atom is -0.484 e. The number of carbonyl (C=O) groups excluding carboxylic acids is 2. The van der Waals surface area contributed by atoms with E-state index in [2.05, 4.69) is 10.9 Å². The normalized spacial score (nSPS) is 10.6. The number of benzene rings is 2. The molecule has 0 aliphatic heterocycles. The molecule has 0 saturated heterocycles. The molecule has 0 radical (unpaired) electrons. The first-order valence-corrected chi connectivity index (χ1v) is 9.04. The van der Waals surface area contributed by atoms with Crippen molar-refractivity contribution in [3.8, 4) is 5.75 Å². The average molecular weight is 368 g/mol. The molecule has 3 rings (SSSR count). The number of hydrazine groups is 1. The first-order valence-electron chi connectivity index (χ1n) is 8.22. The smallest absolute Gasteiger partial charge is 0.280 e. The van der Waals surface area contributed by atoms with Crippen molar-refractivity contribution in [2.75, 3.05) is 6.61 Å². The molecule has 0 saturated carbocycles. The van der Waals surface area contributed by atoms with Gasteiger partial charge in [0.2, 0.25) is 0 Å². The number of rotatable bonds is 4. The van der Waals surface area contributed by atoms with Gasteiger partial charge in [-0.05, 0) is 61.0 Å². The van der Waals surface area contributed by atoms with Crippen LogP contribution in [-0.4, -0.2) is 18.4 Å². The van der Waals surface area contributed by atoms with Crippen molar-refractivity contribution < 1.29 is 14.3 Å². The van der Waals surface area contributed by atoms with Gasteiger partial charge in [0, 0.05) is 4.70 Å². The lowest BCUT2D eigenvalue weighted by Gasteiger charge is -2.09. The molecule has 1 aromatic heterocycles. The predicted molar refractivity (Wildman–Crippen MR) is 104 cm³/mol. The van der Waals surface area contributed by atoms with Crippen molar-refractivity contribution in [2.24, 2.45) is 0 Å². The van der Waals surface area contributed by atoms with Crippen molar-refractivity contribution in [3.63, 3.8) is 0 Å². The minimum absolute atomic E-state index is 0.172. The Morgan fingerprint density at radius 2 is 1.69 bits per heavy atom. The molecule has 0 bridgehead atoms. The van der Waals surface area contributed by atoms with Gasteiger partial charge in [-0.1, -0.05) is 24.3 Å². The first-order chi connectivity index (χ1) is 12.4. The highest BCUT2D eigenvalue weighted by Crippen LogP contribution is 2.30. The molecule has 2 amide bonds. The van der Waals surface area contributed by atoms with E-state index < -0.39 is 5.91 Å². The van der Waals surface area contributed by atoms with E-state index in [0.29, 0.717) is 10.6 Å². The standard InChI is InChI=1S/C20H20N2O3S/c1-12-8-13(2)10-15(9-12)25-11-18(23)21-22-20(24)19-14(3)16-6-4-5-7-17(16)26-19/h4-10H,11H2,1-3H3,(H,21,23)(H,22,24). The number of hydrogen-bond acceptors (Lipinski definition) is 4. The minimum atomic E-state index is -0.420. The lowest BCUT2D eigenvalue weighted by Crippen LogP contribution is -2.43. The number of hydrogen-bond donors (Lipinski definition) is 2. The molecular formula is C20H20N2O3S. The van der Waals surface area contributed by atoms with Gasteiger partial charge < -0.3 is 4.74 Å². The Kier molecular flexibility index (Phi) is 5.23. The molecule has 3 aromatic rings. The summed E-state index contributed by atoms with van der Waals surface area (Å²) in [6.45, 7) is 5.66. The highest BCUT2D eigenvalue weighted by Gasteiger charge is 2.15. The van der Waals surface area contributed by atoms with Crippen molar-refractivity contribution in [1.82, 2.24) is 10.9 Å². The van der Waals surface area contributed by atoms with Crippen LogP contribution in [-0.2, 0) is 4.79 Å². The molecule has 6 heteroatoms. The summed E-state index contributed by atoms with van der Waals surface area (Å²) in [5.74, 6) is -0.121. The van der Waals surface area contributed by atoms with Crippen molar-refractivity contribution in [2.45, 2.75) is 20.8 Å². The molecule has 0 aliphatic carbocycles. The number of amides is 2. The van der Waals surface area contributed by atoms with Crippen LogP contribution in [0.3, 0.4) is 0 Å². The summed E-state index contributed by atoms with van der Waals surface area (Å²) < 4.78 is 6.52. The Morgan fingerprint density at radius 1 is 1.00 bits per heavy atom. The van der Waals surface area contributed by atoms with E-state index in [1.807, 2.05) is 63.2 Å². The van der Waals surface area contributed by atoms with E-state index in [9.17, 15) is 9.59 Å². The van der Waals surface area contributed by atoms with Gasteiger partial charge in [0.25, 0.3) is 11.8 Å². The molecule has 134 valence electrons. The molecule has 0 fully saturated rings. The van der Waals surface area contributed by atoms with Crippen LogP contribution >= 0.6 is 11.3 Å². The maximum Gasteiger partial charge on any atom is 0.280 e. The van der Waals surface area contributed by atoms with Gasteiger partial charge in [0.15, 0.2) is 6.61 Å². The van der Waals surface area contributed by atoms with Crippen LogP contribution < -0.4 is 15.6 Å². The number of fused-ring (bicyclic) bond motifs is 1. The van der Waals surface area contributed by atoms with Crippen molar-refractivity contribution >= 4 is 33.2 Å². The maximum absolute atomic E-state index is 12.3. The van der Waals surface area contributed by atoms with Gasteiger partial charge in [0.1, 0.15) is 5.75 Å². The second-order valence-corrected chi connectivity index (χ2v) is 7.22. The molecule has 0 atom stereocenters. The van der Waals surface area contributed by atoms with Crippen LogP contribution in [0.15, 0.2) is 42.5 Å². The third-order valence-electron chi connectivity index (χ3n) is 3.93. The summed E-state index contributed by atoms with van der Waals surface area (Å²) in [5, 5.41) is 1.05. The van der Waals surface area contributed by atoms with Crippen LogP contribution in [0.1, 0.15) is 26.4 Å². The van der Waals surface area contributed by atoms with E-state index in [1.54, 1.807) is 0 Å². The van der Waals surface area contributed by atoms with Crippen LogP contribution in [0, 0.1) is 20.8 Å². The quantitative estimate of drug-likeness (QED) is 0.691. The van der Waals surface area contributed by atoms with Gasteiger partial charge in [-0.25, -0.2) is 0 Å². The number of nitrogens with one attached hydrogen (secondary N) is 2. The van der Waals surface area contributed by atoms with Gasteiger partial charge in [-0.3, -0.25) is 20.4 Å². The summed E-state index contributed by atoms with van der Waals surface area (Å²) >= 11 is 1.40. The second kappa shape index (κ2) is 7.58. The van der Waals surface area contributed by atoms with Gasteiger partial charge in [0.05, 0.1) is 4.88 Å². The topological polar surface area (TPSA) is 67.4 Å². The molecular weight excluding hydrogens is 348 g/mol. The Hall–Kier alpha value is -2.86. The average Bonchev–Trinajstić information content (AvgIpc) is 2.94. The van der Waals surface area contributed by atoms with Crippen LogP contribution in [0.2, 0.25) is 0 Å². The predicted octanol–water partition coefficient (Wildman–Crippen LogP) is 3.67. The number of aryl methyl sites for hydroxylation is 3. The first kappa shape index (κ1) is 17.9. The molecule has 2 aromatic carbocycles. The monoisotopic (exact) mass is 368 g/mol. The maximum atomic E-state index is 12.3. The zero-order valence-corrected chi connectivity index (χ0v) is 15.7. The Balaban J connectivity index is 1.56. The van der Waals surface area contributed by atoms with E-state index in [1.165, 1.54) is 11.3 Å². The van der Waals surface area contributed by atoms with Crippen molar-refractivity contribution in [1.29, 1.82) is 0 Å². The lowest BCUT2D eigenvalue weighted by molar-refractivity contribution is -0.123. The Bertz CT molecular complexity index is 958. The summed E-state index contributed by atoms with van der Waals surface area (Å²) in [6, 6.07) is 13.6. The van der Waals surface area contributed by atoms with Crippen molar-refractivity contribution in [3.05, 3.63) is 64.0 Å². The molecule has 1 heterocycles. The molecule has 0 spiro atoms. The number of thiophene rings is 1. The van der Waals surface area contributed by atoms with E-state index in [-0.39, 0.29) is 12.5 Å². The fourth-order valence-electron chi connectivity index (χ4n) is 2.78. The largest absolute Gasteiger partial charge is 0.484 e. The van der Waals surface area contributed by atoms with E-state index in [0.717, 1.165) is 26.8 Å². The second-order valence-electron chi connectivity index (χ2n) is 6.17. The zero-order chi connectivity index (χ0) is 18.7. The lowest BCUT2D eigenvalue weighted by atomic mass is 10.1. The van der Waals surface area contributed by atoms with Gasteiger partial charge in [-0.15, -0.1) is 11.3 Å². The Labute approximate surface area is 156 Å². The van der Waals surface area contributed by atoms with E-state index >= 15 is 0 Å². The van der Waals surface area contributed by atoms with E-state index in [4.69, 9.17) is 4.74 Å². The highest BCUT2D eigenvalue weighted by atomic mass is 32.1. The van der Waals surface area contributed by atoms with Gasteiger partial charge >= 0.3 is 0 Å². The molecule has 0 aliphatic rings. The summed E-state index contributed by atoms with van der Waals surface area (Å²) in [5.41, 5.74) is 7.88. The number of carbonyl (C=O) groups is 2. The summed E-state index contributed by atoms with van der Waals surface area (Å²) in [7, 11) is 0. The number of ether oxygens (including phenoxy) is 1. The third kappa shape index (κ3) is 4.03. The zero-order valence-electron chi connectivity index (χ0n) is 14.9.